The van der Waals surface area contributed by atoms with Gasteiger partial charge in [0.1, 0.15) is 12.7 Å². The molecule has 1 fully saturated rings. The van der Waals surface area contributed by atoms with Gasteiger partial charge in [-0.3, -0.25) is 9.59 Å². The number of esters is 2. The molecule has 0 saturated carbocycles. The number of carbonyl (C=O) groups excluding carboxylic acids is 2. The zero-order valence-corrected chi connectivity index (χ0v) is 20.7. The van der Waals surface area contributed by atoms with Crippen LogP contribution in [0.5, 0.6) is 0 Å². The van der Waals surface area contributed by atoms with Crippen molar-refractivity contribution in [3.8, 4) is 0 Å². The Morgan fingerprint density at radius 3 is 2.66 bits per heavy atom. The maximum Gasteiger partial charge on any atom is 0.306 e. The average Bonchev–Trinajstić information content (AvgIpc) is 3.08. The van der Waals surface area contributed by atoms with E-state index in [1.165, 1.54) is 31.8 Å². The van der Waals surface area contributed by atoms with Crippen molar-refractivity contribution < 1.29 is 24.2 Å². The van der Waals surface area contributed by atoms with E-state index >= 15 is 0 Å². The molecule has 1 saturated heterocycles. The van der Waals surface area contributed by atoms with Gasteiger partial charge in [-0.15, -0.1) is 0 Å². The van der Waals surface area contributed by atoms with E-state index in [9.17, 15) is 14.7 Å². The van der Waals surface area contributed by atoms with Gasteiger partial charge in [0.15, 0.2) is 0 Å². The molecule has 1 N–H and O–H groups in total. The topological polar surface area (TPSA) is 72.8 Å². The molecule has 0 bridgehead atoms. The highest BCUT2D eigenvalue weighted by Gasteiger charge is 2.33. The first-order chi connectivity index (χ1) is 15.1. The minimum atomic E-state index is -0.304. The lowest BCUT2D eigenvalue weighted by molar-refractivity contribution is -0.141. The van der Waals surface area contributed by atoms with Gasteiger partial charge in [0, 0.05) is 25.9 Å². The van der Waals surface area contributed by atoms with E-state index in [2.05, 4.69) is 33.8 Å². The summed E-state index contributed by atoms with van der Waals surface area (Å²) >= 11 is 0. The van der Waals surface area contributed by atoms with E-state index < -0.39 is 0 Å². The molecular formula is C27H42O5. The van der Waals surface area contributed by atoms with Crippen molar-refractivity contribution in [3.63, 3.8) is 0 Å². The first kappa shape index (κ1) is 26.4. The van der Waals surface area contributed by atoms with Crippen molar-refractivity contribution in [1.29, 1.82) is 0 Å². The second-order valence-electron chi connectivity index (χ2n) is 10.1. The fourth-order valence-electron chi connectivity index (χ4n) is 4.95. The summed E-state index contributed by atoms with van der Waals surface area (Å²) in [6.07, 6.45) is 12.5. The lowest BCUT2D eigenvalue weighted by Crippen LogP contribution is -2.20. The highest BCUT2D eigenvalue weighted by atomic mass is 16.6. The van der Waals surface area contributed by atoms with E-state index in [4.69, 9.17) is 9.47 Å². The smallest absolute Gasteiger partial charge is 0.306 e. The summed E-state index contributed by atoms with van der Waals surface area (Å²) in [6, 6.07) is 0. The van der Waals surface area contributed by atoms with Crippen LogP contribution >= 0.6 is 0 Å². The lowest BCUT2D eigenvalue weighted by Gasteiger charge is -2.35. The second-order valence-corrected chi connectivity index (χ2v) is 10.1. The van der Waals surface area contributed by atoms with E-state index in [-0.39, 0.29) is 43.6 Å². The van der Waals surface area contributed by atoms with Crippen LogP contribution in [0.2, 0.25) is 0 Å². The van der Waals surface area contributed by atoms with Crippen LogP contribution < -0.4 is 0 Å². The Morgan fingerprint density at radius 2 is 2.00 bits per heavy atom. The van der Waals surface area contributed by atoms with Gasteiger partial charge in [0.05, 0.1) is 6.42 Å². The number of aliphatic hydroxyl groups is 1. The predicted molar refractivity (Wildman–Crippen MR) is 127 cm³/mol. The molecule has 2 unspecified atom stereocenters. The zero-order valence-electron chi connectivity index (χ0n) is 20.7. The molecule has 1 aliphatic carbocycles. The monoisotopic (exact) mass is 446 g/mol. The van der Waals surface area contributed by atoms with Crippen molar-refractivity contribution >= 4 is 11.9 Å². The third-order valence-corrected chi connectivity index (χ3v) is 6.98. The van der Waals surface area contributed by atoms with E-state index in [0.29, 0.717) is 11.8 Å². The van der Waals surface area contributed by atoms with Crippen molar-refractivity contribution in [2.24, 2.45) is 11.3 Å². The normalized spacial score (nSPS) is 24.0. The Kier molecular flexibility index (Phi) is 10.2. The Morgan fingerprint density at radius 1 is 1.25 bits per heavy atom. The second kappa shape index (κ2) is 12.4. The molecule has 2 aliphatic rings. The molecule has 0 aromatic rings. The number of aliphatic hydroxyl groups excluding tert-OH is 1. The Balaban J connectivity index is 1.91. The van der Waals surface area contributed by atoms with Gasteiger partial charge >= 0.3 is 11.9 Å². The molecule has 2 atom stereocenters. The van der Waals surface area contributed by atoms with Crippen molar-refractivity contribution in [2.45, 2.75) is 98.5 Å². The molecule has 0 aromatic heterocycles. The number of rotatable bonds is 11. The Hall–Kier alpha value is -1.88. The standard InChI is InChI=1S/C27H42O5/c1-19(11-13-24-20(2)9-7-15-27(24,4)5)8-6-10-22(18-31-21(3)29)12-14-25-23(17-28)16-26(30)32-25/h8,12,23,25,28H,6-7,9-11,13-18H2,1-5H3/b19-8+,22-12-. The first-order valence-corrected chi connectivity index (χ1v) is 12.1. The minimum absolute atomic E-state index is 0.0574. The molecule has 32 heavy (non-hydrogen) atoms. The van der Waals surface area contributed by atoms with E-state index in [0.717, 1.165) is 31.3 Å². The van der Waals surface area contributed by atoms with Gasteiger partial charge in [-0.05, 0) is 69.8 Å². The summed E-state index contributed by atoms with van der Waals surface area (Å²) in [6.45, 7) is 10.9. The zero-order chi connectivity index (χ0) is 23.7. The van der Waals surface area contributed by atoms with Crippen LogP contribution in [0.3, 0.4) is 0 Å². The highest BCUT2D eigenvalue weighted by Crippen LogP contribution is 2.42. The summed E-state index contributed by atoms with van der Waals surface area (Å²) in [5.74, 6) is -0.714. The third-order valence-electron chi connectivity index (χ3n) is 6.98. The largest absolute Gasteiger partial charge is 0.462 e. The highest BCUT2D eigenvalue weighted by molar-refractivity contribution is 5.72. The molecule has 1 aliphatic heterocycles. The summed E-state index contributed by atoms with van der Waals surface area (Å²) in [5, 5.41) is 9.46. The summed E-state index contributed by atoms with van der Waals surface area (Å²) in [4.78, 5) is 22.8. The fourth-order valence-corrected chi connectivity index (χ4v) is 4.95. The van der Waals surface area contributed by atoms with Crippen LogP contribution in [0.4, 0.5) is 0 Å². The SMILES string of the molecule is CC(=O)OC/C(=C\CC1OC(=O)CC1CO)CC/C=C(\C)CCC1=C(C)CCCC1(C)C. The molecule has 180 valence electrons. The van der Waals surface area contributed by atoms with E-state index in [1.54, 1.807) is 11.1 Å². The van der Waals surface area contributed by atoms with Gasteiger partial charge in [-0.2, -0.15) is 0 Å². The molecule has 0 amide bonds. The van der Waals surface area contributed by atoms with Gasteiger partial charge < -0.3 is 14.6 Å². The van der Waals surface area contributed by atoms with Gasteiger partial charge in [-0.25, -0.2) is 0 Å². The van der Waals surface area contributed by atoms with Crippen LogP contribution in [0.15, 0.2) is 34.4 Å². The molecule has 5 heteroatoms. The van der Waals surface area contributed by atoms with Crippen LogP contribution in [-0.2, 0) is 19.1 Å². The van der Waals surface area contributed by atoms with Crippen LogP contribution in [0, 0.1) is 11.3 Å². The number of hydrogen-bond acceptors (Lipinski definition) is 5. The Labute approximate surface area is 193 Å². The predicted octanol–water partition coefficient (Wildman–Crippen LogP) is 5.82. The molecule has 2 rings (SSSR count). The van der Waals surface area contributed by atoms with Gasteiger partial charge in [0.25, 0.3) is 0 Å². The number of carbonyl (C=O) groups is 2. The van der Waals surface area contributed by atoms with Crippen LogP contribution in [-0.4, -0.2) is 36.4 Å². The van der Waals surface area contributed by atoms with Crippen LogP contribution in [0.1, 0.15) is 92.4 Å². The number of allylic oxidation sites excluding steroid dienone is 4. The quantitative estimate of drug-likeness (QED) is 0.320. The van der Waals surface area contributed by atoms with Crippen molar-refractivity contribution in [3.05, 3.63) is 34.4 Å². The Bertz CT molecular complexity index is 756. The lowest BCUT2D eigenvalue weighted by atomic mass is 9.71. The molecular weight excluding hydrogens is 404 g/mol. The van der Waals surface area contributed by atoms with Crippen LogP contribution in [0.25, 0.3) is 0 Å². The van der Waals surface area contributed by atoms with Gasteiger partial charge in [0.2, 0.25) is 0 Å². The average molecular weight is 447 g/mol. The maximum absolute atomic E-state index is 11.5. The number of hydrogen-bond donors (Lipinski definition) is 1. The molecule has 1 heterocycles. The molecule has 5 nitrogen and oxygen atoms in total. The first-order valence-electron chi connectivity index (χ1n) is 12.1. The summed E-state index contributed by atoms with van der Waals surface area (Å²) < 4.78 is 10.6. The summed E-state index contributed by atoms with van der Waals surface area (Å²) in [7, 11) is 0. The molecule has 0 spiro atoms. The molecule has 0 aromatic carbocycles. The third kappa shape index (κ3) is 8.23. The minimum Gasteiger partial charge on any atom is -0.462 e. The number of cyclic esters (lactones) is 1. The fraction of sp³-hybridized carbons (Fsp3) is 0.704. The van der Waals surface area contributed by atoms with Crippen molar-refractivity contribution in [1.82, 2.24) is 0 Å². The number of ether oxygens (including phenoxy) is 2. The van der Waals surface area contributed by atoms with Crippen molar-refractivity contribution in [2.75, 3.05) is 13.2 Å². The molecule has 0 radical (unpaired) electrons. The van der Waals surface area contributed by atoms with Gasteiger partial charge in [-0.1, -0.05) is 42.7 Å². The maximum atomic E-state index is 11.5. The van der Waals surface area contributed by atoms with E-state index in [1.807, 2.05) is 6.08 Å². The summed E-state index contributed by atoms with van der Waals surface area (Å²) in [5.41, 5.74) is 5.95.